The molecule has 2 rings (SSSR count). The summed E-state index contributed by atoms with van der Waals surface area (Å²) in [4.78, 5) is 16.5. The number of carbonyl (C=O) groups excluding carboxylic acids is 1. The van der Waals surface area contributed by atoms with Gasteiger partial charge in [0.05, 0.1) is 5.54 Å². The Balaban J connectivity index is 1.83. The van der Waals surface area contributed by atoms with E-state index < -0.39 is 0 Å². The number of aryl methyl sites for hydroxylation is 1. The highest BCUT2D eigenvalue weighted by atomic mass is 16.2. The van der Waals surface area contributed by atoms with Crippen molar-refractivity contribution < 1.29 is 4.79 Å². The molecule has 18 heavy (non-hydrogen) atoms. The van der Waals surface area contributed by atoms with Gasteiger partial charge in [-0.05, 0) is 25.8 Å². The molecule has 1 saturated heterocycles. The summed E-state index contributed by atoms with van der Waals surface area (Å²) in [7, 11) is 1.97. The van der Waals surface area contributed by atoms with E-state index in [1.54, 1.807) is 6.20 Å². The molecular weight excluding hydrogens is 228 g/mol. The van der Waals surface area contributed by atoms with Crippen molar-refractivity contribution in [2.45, 2.75) is 38.1 Å². The summed E-state index contributed by atoms with van der Waals surface area (Å²) in [6, 6.07) is 0. The zero-order valence-corrected chi connectivity index (χ0v) is 11.2. The summed E-state index contributed by atoms with van der Waals surface area (Å²) in [5.74, 6) is 1.14. The van der Waals surface area contributed by atoms with Gasteiger partial charge in [-0.2, -0.15) is 0 Å². The number of rotatable bonds is 5. The Hall–Kier alpha value is -1.36. The topological polar surface area (TPSA) is 59.0 Å². The maximum atomic E-state index is 12.2. The van der Waals surface area contributed by atoms with Gasteiger partial charge in [0.1, 0.15) is 5.82 Å². The average Bonchev–Trinajstić information content (AvgIpc) is 2.99. The number of nitrogens with one attached hydrogen (secondary N) is 2. The summed E-state index contributed by atoms with van der Waals surface area (Å²) >= 11 is 0. The van der Waals surface area contributed by atoms with Crippen LogP contribution >= 0.6 is 0 Å². The molecule has 0 bridgehead atoms. The van der Waals surface area contributed by atoms with E-state index >= 15 is 0 Å². The minimum Gasteiger partial charge on any atom is -0.354 e. The van der Waals surface area contributed by atoms with Gasteiger partial charge in [-0.1, -0.05) is 6.92 Å². The Morgan fingerprint density at radius 3 is 3.06 bits per heavy atom. The van der Waals surface area contributed by atoms with Crippen LogP contribution in [0, 0.1) is 0 Å². The van der Waals surface area contributed by atoms with Crippen LogP contribution in [0.15, 0.2) is 12.4 Å². The molecule has 0 aromatic carbocycles. The summed E-state index contributed by atoms with van der Waals surface area (Å²) in [5, 5.41) is 6.37. The van der Waals surface area contributed by atoms with Gasteiger partial charge in [0.2, 0.25) is 5.91 Å². The van der Waals surface area contributed by atoms with Gasteiger partial charge in [0, 0.05) is 32.4 Å². The first-order valence-corrected chi connectivity index (χ1v) is 6.67. The fourth-order valence-electron chi connectivity index (χ4n) is 2.56. The number of carbonyl (C=O) groups is 1. The number of nitrogens with zero attached hydrogens (tertiary/aromatic N) is 2. The van der Waals surface area contributed by atoms with Crippen LogP contribution in [-0.4, -0.2) is 34.1 Å². The lowest BCUT2D eigenvalue weighted by molar-refractivity contribution is -0.127. The number of aromatic nitrogens is 2. The molecule has 0 saturated carbocycles. The fourth-order valence-corrected chi connectivity index (χ4v) is 2.56. The Morgan fingerprint density at radius 1 is 1.67 bits per heavy atom. The van der Waals surface area contributed by atoms with Gasteiger partial charge in [0.15, 0.2) is 0 Å². The van der Waals surface area contributed by atoms with E-state index in [0.717, 1.165) is 38.1 Å². The summed E-state index contributed by atoms with van der Waals surface area (Å²) in [5.41, 5.74) is -0.332. The van der Waals surface area contributed by atoms with Gasteiger partial charge in [-0.15, -0.1) is 0 Å². The fraction of sp³-hybridized carbons (Fsp3) is 0.692. The number of hydrogen-bond acceptors (Lipinski definition) is 3. The molecule has 2 N–H and O–H groups in total. The van der Waals surface area contributed by atoms with Crippen molar-refractivity contribution in [3.63, 3.8) is 0 Å². The van der Waals surface area contributed by atoms with E-state index in [4.69, 9.17) is 0 Å². The first kappa shape index (κ1) is 13.1. The molecule has 2 heterocycles. The minimum absolute atomic E-state index is 0.136. The van der Waals surface area contributed by atoms with Crippen LogP contribution in [0.25, 0.3) is 0 Å². The van der Waals surface area contributed by atoms with Crippen LogP contribution in [-0.2, 0) is 18.3 Å². The molecule has 1 aromatic heterocycles. The normalized spacial score (nSPS) is 23.2. The number of amides is 1. The predicted octanol–water partition coefficient (Wildman–Crippen LogP) is 0.611. The second-order valence-electron chi connectivity index (χ2n) is 4.93. The zero-order chi connectivity index (χ0) is 13.0. The highest BCUT2D eigenvalue weighted by Crippen LogP contribution is 2.22. The van der Waals surface area contributed by atoms with Crippen molar-refractivity contribution in [2.24, 2.45) is 7.05 Å². The first-order chi connectivity index (χ1) is 8.68. The Morgan fingerprint density at radius 2 is 2.50 bits per heavy atom. The van der Waals surface area contributed by atoms with Crippen molar-refractivity contribution in [3.05, 3.63) is 18.2 Å². The largest absolute Gasteiger partial charge is 0.354 e. The van der Waals surface area contributed by atoms with E-state index in [2.05, 4.69) is 22.5 Å². The van der Waals surface area contributed by atoms with Gasteiger partial charge in [-0.3, -0.25) is 4.79 Å². The highest BCUT2D eigenvalue weighted by molar-refractivity contribution is 5.86. The molecule has 1 fully saturated rings. The van der Waals surface area contributed by atoms with Gasteiger partial charge < -0.3 is 15.2 Å². The molecule has 0 spiro atoms. The Labute approximate surface area is 108 Å². The third-order valence-corrected chi connectivity index (χ3v) is 3.84. The van der Waals surface area contributed by atoms with Crippen LogP contribution in [0.4, 0.5) is 0 Å². The molecule has 5 nitrogen and oxygen atoms in total. The highest BCUT2D eigenvalue weighted by Gasteiger charge is 2.38. The van der Waals surface area contributed by atoms with Gasteiger partial charge in [0.25, 0.3) is 0 Å². The van der Waals surface area contributed by atoms with Crippen LogP contribution in [0.5, 0.6) is 0 Å². The lowest BCUT2D eigenvalue weighted by Crippen LogP contribution is -2.53. The molecule has 1 atom stereocenters. The third kappa shape index (κ3) is 2.56. The monoisotopic (exact) mass is 250 g/mol. The maximum absolute atomic E-state index is 12.2. The van der Waals surface area contributed by atoms with E-state index in [9.17, 15) is 4.79 Å². The third-order valence-electron chi connectivity index (χ3n) is 3.84. The minimum atomic E-state index is -0.332. The lowest BCUT2D eigenvalue weighted by atomic mass is 9.93. The zero-order valence-electron chi connectivity index (χ0n) is 11.2. The summed E-state index contributed by atoms with van der Waals surface area (Å²) in [6.07, 6.45) is 7.35. The van der Waals surface area contributed by atoms with Crippen LogP contribution in [0.1, 0.15) is 32.0 Å². The van der Waals surface area contributed by atoms with Gasteiger partial charge >= 0.3 is 0 Å². The van der Waals surface area contributed by atoms with E-state index in [-0.39, 0.29) is 11.4 Å². The van der Waals surface area contributed by atoms with Crippen LogP contribution in [0.2, 0.25) is 0 Å². The van der Waals surface area contributed by atoms with Gasteiger partial charge in [-0.25, -0.2) is 4.98 Å². The quantitative estimate of drug-likeness (QED) is 0.805. The first-order valence-electron chi connectivity index (χ1n) is 6.67. The molecule has 1 aliphatic rings. The molecule has 0 radical (unpaired) electrons. The molecule has 100 valence electrons. The van der Waals surface area contributed by atoms with Crippen molar-refractivity contribution in [1.82, 2.24) is 20.2 Å². The van der Waals surface area contributed by atoms with Crippen molar-refractivity contribution in [3.8, 4) is 0 Å². The molecule has 5 heteroatoms. The Bertz CT molecular complexity index is 407. The average molecular weight is 250 g/mol. The Kier molecular flexibility index (Phi) is 4.01. The van der Waals surface area contributed by atoms with Crippen molar-refractivity contribution in [1.29, 1.82) is 0 Å². The van der Waals surface area contributed by atoms with Crippen molar-refractivity contribution in [2.75, 3.05) is 13.1 Å². The molecule has 0 aliphatic carbocycles. The molecule has 1 unspecified atom stereocenters. The van der Waals surface area contributed by atoms with E-state index in [0.29, 0.717) is 6.54 Å². The molecule has 1 amide bonds. The summed E-state index contributed by atoms with van der Waals surface area (Å²) in [6.45, 7) is 3.66. The summed E-state index contributed by atoms with van der Waals surface area (Å²) < 4.78 is 1.98. The standard InChI is InChI=1S/C13H22N4O/c1-3-13(6-4-7-16-13)12(18)15-8-5-11-14-9-10-17(11)2/h9-10,16H,3-8H2,1-2H3,(H,15,18). The second kappa shape index (κ2) is 5.52. The van der Waals surface area contributed by atoms with Crippen LogP contribution in [0.3, 0.4) is 0 Å². The molecular formula is C13H22N4O. The number of imidazole rings is 1. The van der Waals surface area contributed by atoms with Crippen molar-refractivity contribution >= 4 is 5.91 Å². The number of hydrogen-bond donors (Lipinski definition) is 2. The maximum Gasteiger partial charge on any atom is 0.240 e. The SMILES string of the molecule is CCC1(C(=O)NCCc2nccn2C)CCCN1. The second-order valence-corrected chi connectivity index (χ2v) is 4.93. The lowest BCUT2D eigenvalue weighted by Gasteiger charge is -2.26. The molecule has 1 aliphatic heterocycles. The van der Waals surface area contributed by atoms with Crippen LogP contribution < -0.4 is 10.6 Å². The smallest absolute Gasteiger partial charge is 0.240 e. The van der Waals surface area contributed by atoms with E-state index in [1.165, 1.54) is 0 Å². The molecule has 1 aromatic rings. The van der Waals surface area contributed by atoms with E-state index in [1.807, 2.05) is 17.8 Å². The predicted molar refractivity (Wildman–Crippen MR) is 70.2 cm³/mol.